The van der Waals surface area contributed by atoms with Crippen molar-refractivity contribution in [1.82, 2.24) is 0 Å². The molecule has 0 heterocycles. The second-order valence-electron chi connectivity index (χ2n) is 4.89. The van der Waals surface area contributed by atoms with Gasteiger partial charge in [-0.15, -0.1) is 0 Å². The van der Waals surface area contributed by atoms with Crippen LogP contribution < -0.4 is 0 Å². The Kier molecular flexibility index (Phi) is 4.94. The molecule has 17 heavy (non-hydrogen) atoms. The number of hydrogen-bond donors (Lipinski definition) is 1. The zero-order valence-corrected chi connectivity index (χ0v) is 9.10. The fourth-order valence-corrected chi connectivity index (χ4v) is 2.22. The molecule has 2 rings (SSSR count). The van der Waals surface area contributed by atoms with Crippen molar-refractivity contribution in [2.75, 3.05) is 0 Å². The monoisotopic (exact) mass is 236 g/mol. The summed E-state index contributed by atoms with van der Waals surface area (Å²) in [6, 6.07) is 10.2. The Morgan fingerprint density at radius 2 is 1.76 bits per heavy atom. The second-order valence-corrected chi connectivity index (χ2v) is 4.89. The molecule has 0 aromatic heterocycles. The van der Waals surface area contributed by atoms with Crippen LogP contribution in [0.3, 0.4) is 0 Å². The van der Waals surface area contributed by atoms with Crippen LogP contribution in [0.25, 0.3) is 0 Å². The lowest BCUT2D eigenvalue weighted by Crippen LogP contribution is -2.26. The van der Waals surface area contributed by atoms with Gasteiger partial charge in [-0.05, 0) is 37.7 Å². The fraction of sp³-hybridized carbons (Fsp3) is 0.533. The molecule has 2 nitrogen and oxygen atoms in total. The quantitative estimate of drug-likeness (QED) is 0.855. The standard InChI is InChI=1S/C13H16O2.2CH4/c1-13(2,12(14)15)11-8-10(11)9-6-4-3-5-7-9;;/h3-7,10-11H,8H2,1-2H3,(H,14,15);2*1H4. The van der Waals surface area contributed by atoms with Gasteiger partial charge in [0.2, 0.25) is 0 Å². The maximum absolute atomic E-state index is 11.1. The van der Waals surface area contributed by atoms with E-state index in [1.165, 1.54) is 5.56 Å². The third-order valence-electron chi connectivity index (χ3n) is 3.50. The first-order valence-corrected chi connectivity index (χ1v) is 5.32. The molecule has 1 aliphatic rings. The highest BCUT2D eigenvalue weighted by Gasteiger charge is 2.51. The first-order chi connectivity index (χ1) is 7.03. The van der Waals surface area contributed by atoms with Gasteiger partial charge in [-0.25, -0.2) is 0 Å². The number of aliphatic carboxylic acids is 1. The highest BCUT2D eigenvalue weighted by atomic mass is 16.4. The summed E-state index contributed by atoms with van der Waals surface area (Å²) in [4.78, 5) is 11.1. The second kappa shape index (κ2) is 5.35. The van der Waals surface area contributed by atoms with Gasteiger partial charge < -0.3 is 5.11 Å². The summed E-state index contributed by atoms with van der Waals surface area (Å²) in [5, 5.41) is 9.12. The fourth-order valence-electron chi connectivity index (χ4n) is 2.22. The average Bonchev–Trinajstić information content (AvgIpc) is 2.98. The molecule has 1 N–H and O–H groups in total. The van der Waals surface area contributed by atoms with E-state index in [0.717, 1.165) is 6.42 Å². The zero-order chi connectivity index (χ0) is 11.1. The molecule has 0 aliphatic heterocycles. The van der Waals surface area contributed by atoms with E-state index in [4.69, 9.17) is 5.11 Å². The van der Waals surface area contributed by atoms with E-state index < -0.39 is 11.4 Å². The van der Waals surface area contributed by atoms with Crippen LogP contribution in [-0.2, 0) is 4.79 Å². The molecule has 1 saturated carbocycles. The van der Waals surface area contributed by atoms with E-state index in [1.54, 1.807) is 0 Å². The first kappa shape index (κ1) is 15.7. The summed E-state index contributed by atoms with van der Waals surface area (Å²) in [5.41, 5.74) is 0.678. The first-order valence-electron chi connectivity index (χ1n) is 5.32. The van der Waals surface area contributed by atoms with Gasteiger partial charge in [0.1, 0.15) is 0 Å². The number of rotatable bonds is 3. The van der Waals surface area contributed by atoms with Crippen molar-refractivity contribution >= 4 is 5.97 Å². The van der Waals surface area contributed by atoms with Crippen molar-refractivity contribution in [2.45, 2.75) is 41.0 Å². The molecule has 2 unspecified atom stereocenters. The largest absolute Gasteiger partial charge is 0.481 e. The molecular weight excluding hydrogens is 212 g/mol. The summed E-state index contributed by atoms with van der Waals surface area (Å²) in [7, 11) is 0. The summed E-state index contributed by atoms with van der Waals surface area (Å²) in [6.45, 7) is 3.64. The Balaban J connectivity index is 0.00000128. The van der Waals surface area contributed by atoms with Crippen LogP contribution in [-0.4, -0.2) is 11.1 Å². The number of carboxylic acids is 1. The molecule has 0 bridgehead atoms. The number of carbonyl (C=O) groups is 1. The molecule has 0 amide bonds. The van der Waals surface area contributed by atoms with Gasteiger partial charge in [-0.2, -0.15) is 0 Å². The molecular formula is C15H24O2. The van der Waals surface area contributed by atoms with Crippen molar-refractivity contribution in [1.29, 1.82) is 0 Å². The van der Waals surface area contributed by atoms with Gasteiger partial charge in [-0.3, -0.25) is 4.79 Å². The summed E-state index contributed by atoms with van der Waals surface area (Å²) in [6.07, 6.45) is 1.00. The Hall–Kier alpha value is -1.31. The number of hydrogen-bond acceptors (Lipinski definition) is 1. The van der Waals surface area contributed by atoms with Crippen LogP contribution in [0.2, 0.25) is 0 Å². The third kappa shape index (κ3) is 2.87. The highest BCUT2D eigenvalue weighted by Crippen LogP contribution is 2.56. The van der Waals surface area contributed by atoms with E-state index in [2.05, 4.69) is 12.1 Å². The van der Waals surface area contributed by atoms with Gasteiger partial charge in [0.05, 0.1) is 5.41 Å². The van der Waals surface area contributed by atoms with Crippen molar-refractivity contribution in [2.24, 2.45) is 11.3 Å². The maximum atomic E-state index is 11.1. The van der Waals surface area contributed by atoms with Gasteiger partial charge >= 0.3 is 5.97 Å². The smallest absolute Gasteiger partial charge is 0.309 e. The predicted octanol–water partition coefficient (Wildman–Crippen LogP) is 4.17. The van der Waals surface area contributed by atoms with Gasteiger partial charge in [0.15, 0.2) is 0 Å². The molecule has 96 valence electrons. The lowest BCUT2D eigenvalue weighted by Gasteiger charge is -2.19. The lowest BCUT2D eigenvalue weighted by molar-refractivity contribution is -0.148. The van der Waals surface area contributed by atoms with Gasteiger partial charge in [0, 0.05) is 0 Å². The van der Waals surface area contributed by atoms with Crippen molar-refractivity contribution in [3.05, 3.63) is 35.9 Å². The van der Waals surface area contributed by atoms with E-state index in [0.29, 0.717) is 5.92 Å². The lowest BCUT2D eigenvalue weighted by atomic mass is 9.85. The Morgan fingerprint density at radius 1 is 1.24 bits per heavy atom. The number of carboxylic acid groups (broad SMARTS) is 1. The van der Waals surface area contributed by atoms with Crippen LogP contribution in [0, 0.1) is 11.3 Å². The molecule has 2 heteroatoms. The number of benzene rings is 1. The van der Waals surface area contributed by atoms with Gasteiger partial charge in [0.25, 0.3) is 0 Å². The highest BCUT2D eigenvalue weighted by molar-refractivity contribution is 5.75. The maximum Gasteiger partial charge on any atom is 0.309 e. The molecule has 1 aromatic carbocycles. The van der Waals surface area contributed by atoms with Crippen LogP contribution >= 0.6 is 0 Å². The third-order valence-corrected chi connectivity index (χ3v) is 3.50. The van der Waals surface area contributed by atoms with Gasteiger partial charge in [-0.1, -0.05) is 45.2 Å². The van der Waals surface area contributed by atoms with E-state index in [1.807, 2.05) is 32.0 Å². The summed E-state index contributed by atoms with van der Waals surface area (Å²) in [5.74, 6) is 0.0423. The van der Waals surface area contributed by atoms with E-state index in [9.17, 15) is 4.79 Å². The molecule has 0 radical (unpaired) electrons. The van der Waals surface area contributed by atoms with Crippen LogP contribution in [0.15, 0.2) is 30.3 Å². The Bertz CT molecular complexity index is 368. The van der Waals surface area contributed by atoms with E-state index >= 15 is 0 Å². The zero-order valence-electron chi connectivity index (χ0n) is 9.10. The van der Waals surface area contributed by atoms with E-state index in [-0.39, 0.29) is 20.8 Å². The normalized spacial score (nSPS) is 22.0. The minimum Gasteiger partial charge on any atom is -0.481 e. The molecule has 0 saturated heterocycles. The van der Waals surface area contributed by atoms with Crippen molar-refractivity contribution < 1.29 is 9.90 Å². The predicted molar refractivity (Wildman–Crippen MR) is 72.2 cm³/mol. The van der Waals surface area contributed by atoms with Crippen molar-refractivity contribution in [3.8, 4) is 0 Å². The molecule has 1 fully saturated rings. The Morgan fingerprint density at radius 3 is 2.24 bits per heavy atom. The average molecular weight is 236 g/mol. The van der Waals surface area contributed by atoms with Crippen molar-refractivity contribution in [3.63, 3.8) is 0 Å². The molecule has 2 atom stereocenters. The van der Waals surface area contributed by atoms with Crippen LogP contribution in [0.4, 0.5) is 0 Å². The SMILES string of the molecule is C.C.CC(C)(C(=O)O)C1CC1c1ccccc1. The minimum absolute atomic E-state index is 0. The minimum atomic E-state index is -0.689. The summed E-state index contributed by atoms with van der Waals surface area (Å²) < 4.78 is 0. The molecule has 1 aromatic rings. The molecule has 1 aliphatic carbocycles. The van der Waals surface area contributed by atoms with Crippen LogP contribution in [0.1, 0.15) is 46.6 Å². The molecule has 0 spiro atoms. The van der Waals surface area contributed by atoms with Crippen LogP contribution in [0.5, 0.6) is 0 Å². The summed E-state index contributed by atoms with van der Waals surface area (Å²) >= 11 is 0. The topological polar surface area (TPSA) is 37.3 Å². The Labute approximate surface area is 105 Å².